The van der Waals surface area contributed by atoms with Crippen molar-refractivity contribution in [3.05, 3.63) is 17.8 Å². The highest BCUT2D eigenvalue weighted by atomic mass is 19.1. The maximum atomic E-state index is 14.0. The van der Waals surface area contributed by atoms with Crippen molar-refractivity contribution < 1.29 is 4.39 Å². The summed E-state index contributed by atoms with van der Waals surface area (Å²) in [7, 11) is 0. The number of aryl methyl sites for hydroxylation is 1. The van der Waals surface area contributed by atoms with Gasteiger partial charge in [-0.2, -0.15) is 0 Å². The third kappa shape index (κ3) is 2.14. The Labute approximate surface area is 94.7 Å². The fourth-order valence-electron chi connectivity index (χ4n) is 2.06. The topological polar surface area (TPSA) is 55.0 Å². The van der Waals surface area contributed by atoms with Crippen LogP contribution in [0.5, 0.6) is 0 Å². The van der Waals surface area contributed by atoms with Crippen LogP contribution in [0.1, 0.15) is 25.5 Å². The highest BCUT2D eigenvalue weighted by molar-refractivity contribution is 5.41. The second-order valence-electron chi connectivity index (χ2n) is 4.16. The molecule has 0 amide bonds. The minimum Gasteiger partial charge on any atom is -0.353 e. The first-order valence-corrected chi connectivity index (χ1v) is 5.72. The number of hydrogen-bond donors (Lipinski definition) is 1. The highest BCUT2D eigenvalue weighted by Gasteiger charge is 2.21. The molecule has 1 aliphatic rings. The van der Waals surface area contributed by atoms with E-state index in [2.05, 4.69) is 9.97 Å². The molecule has 2 rings (SSSR count). The van der Waals surface area contributed by atoms with Crippen LogP contribution in [0.3, 0.4) is 0 Å². The molecule has 1 aromatic rings. The maximum absolute atomic E-state index is 14.0. The summed E-state index contributed by atoms with van der Waals surface area (Å²) < 4.78 is 14.0. The van der Waals surface area contributed by atoms with Crippen LogP contribution < -0.4 is 10.6 Å². The quantitative estimate of drug-likeness (QED) is 0.817. The van der Waals surface area contributed by atoms with E-state index in [1.807, 2.05) is 11.8 Å². The molecular weight excluding hydrogens is 207 g/mol. The van der Waals surface area contributed by atoms with Crippen molar-refractivity contribution in [3.8, 4) is 0 Å². The van der Waals surface area contributed by atoms with Gasteiger partial charge in [0.05, 0.1) is 5.69 Å². The van der Waals surface area contributed by atoms with Gasteiger partial charge in [-0.3, -0.25) is 0 Å². The average Bonchev–Trinajstić information content (AvgIpc) is 2.29. The van der Waals surface area contributed by atoms with Gasteiger partial charge in [0.15, 0.2) is 11.6 Å². The Morgan fingerprint density at radius 2 is 2.38 bits per heavy atom. The molecule has 5 heteroatoms. The second-order valence-corrected chi connectivity index (χ2v) is 4.16. The SMILES string of the molecule is CCc1ncnc(N2CCC[C@@H](N)C2)c1F. The first-order chi connectivity index (χ1) is 7.72. The zero-order valence-electron chi connectivity index (χ0n) is 9.49. The normalized spacial score (nSPS) is 21.2. The predicted molar refractivity (Wildman–Crippen MR) is 60.8 cm³/mol. The van der Waals surface area contributed by atoms with Crippen molar-refractivity contribution in [3.63, 3.8) is 0 Å². The molecule has 88 valence electrons. The van der Waals surface area contributed by atoms with Crippen molar-refractivity contribution in [1.29, 1.82) is 0 Å². The standard InChI is InChI=1S/C11H17FN4/c1-2-9-10(12)11(15-7-14-9)16-5-3-4-8(13)6-16/h7-8H,2-6,13H2,1H3/t8-/m1/s1. The summed E-state index contributed by atoms with van der Waals surface area (Å²) in [5.41, 5.74) is 6.35. The first-order valence-electron chi connectivity index (χ1n) is 5.72. The summed E-state index contributed by atoms with van der Waals surface area (Å²) >= 11 is 0. The Balaban J connectivity index is 2.25. The largest absolute Gasteiger partial charge is 0.353 e. The van der Waals surface area contributed by atoms with Gasteiger partial charge in [-0.25, -0.2) is 14.4 Å². The minimum absolute atomic E-state index is 0.119. The lowest BCUT2D eigenvalue weighted by atomic mass is 10.1. The lowest BCUT2D eigenvalue weighted by molar-refractivity contribution is 0.490. The van der Waals surface area contributed by atoms with Crippen LogP contribution in [0.4, 0.5) is 10.2 Å². The van der Waals surface area contributed by atoms with Crippen LogP contribution in [0.15, 0.2) is 6.33 Å². The van der Waals surface area contributed by atoms with Crippen LogP contribution in [0.2, 0.25) is 0 Å². The molecule has 1 atom stereocenters. The van der Waals surface area contributed by atoms with E-state index in [0.29, 0.717) is 24.5 Å². The van der Waals surface area contributed by atoms with E-state index in [0.717, 1.165) is 19.4 Å². The van der Waals surface area contributed by atoms with Crippen LogP contribution in [0, 0.1) is 5.82 Å². The minimum atomic E-state index is -0.292. The molecule has 2 heterocycles. The summed E-state index contributed by atoms with van der Waals surface area (Å²) in [5.74, 6) is 0.112. The Morgan fingerprint density at radius 1 is 1.56 bits per heavy atom. The number of piperidine rings is 1. The molecule has 0 unspecified atom stereocenters. The second kappa shape index (κ2) is 4.74. The lowest BCUT2D eigenvalue weighted by Gasteiger charge is -2.31. The number of nitrogens with two attached hydrogens (primary N) is 1. The molecule has 16 heavy (non-hydrogen) atoms. The molecule has 4 nitrogen and oxygen atoms in total. The smallest absolute Gasteiger partial charge is 0.187 e. The van der Waals surface area contributed by atoms with E-state index in [9.17, 15) is 4.39 Å². The van der Waals surface area contributed by atoms with Gasteiger partial charge in [0, 0.05) is 19.1 Å². The molecule has 1 aliphatic heterocycles. The molecule has 0 aromatic carbocycles. The van der Waals surface area contributed by atoms with E-state index in [1.54, 1.807) is 0 Å². The van der Waals surface area contributed by atoms with Crippen LogP contribution in [-0.2, 0) is 6.42 Å². The Hall–Kier alpha value is -1.23. The van der Waals surface area contributed by atoms with Crippen molar-refractivity contribution in [2.45, 2.75) is 32.2 Å². The molecule has 1 aromatic heterocycles. The van der Waals surface area contributed by atoms with Crippen molar-refractivity contribution >= 4 is 5.82 Å². The molecule has 0 bridgehead atoms. The fourth-order valence-corrected chi connectivity index (χ4v) is 2.06. The summed E-state index contributed by atoms with van der Waals surface area (Å²) in [6.45, 7) is 3.39. The summed E-state index contributed by atoms with van der Waals surface area (Å²) in [4.78, 5) is 9.88. The molecule has 1 fully saturated rings. The monoisotopic (exact) mass is 224 g/mol. The van der Waals surface area contributed by atoms with Gasteiger partial charge in [-0.05, 0) is 19.3 Å². The number of aromatic nitrogens is 2. The van der Waals surface area contributed by atoms with Crippen LogP contribution in [0.25, 0.3) is 0 Å². The molecular formula is C11H17FN4. The van der Waals surface area contributed by atoms with Gasteiger partial charge >= 0.3 is 0 Å². The highest BCUT2D eigenvalue weighted by Crippen LogP contribution is 2.21. The van der Waals surface area contributed by atoms with Gasteiger partial charge in [0.1, 0.15) is 6.33 Å². The van der Waals surface area contributed by atoms with Gasteiger partial charge < -0.3 is 10.6 Å². The molecule has 2 N–H and O–H groups in total. The maximum Gasteiger partial charge on any atom is 0.187 e. The Bertz CT molecular complexity index is 369. The van der Waals surface area contributed by atoms with Crippen molar-refractivity contribution in [2.24, 2.45) is 5.73 Å². The molecule has 0 aliphatic carbocycles. The number of nitrogens with zero attached hydrogens (tertiary/aromatic N) is 3. The number of anilines is 1. The summed E-state index contributed by atoms with van der Waals surface area (Å²) in [6.07, 6.45) is 4.01. The van der Waals surface area contributed by atoms with Gasteiger partial charge in [-0.15, -0.1) is 0 Å². The molecule has 1 saturated heterocycles. The lowest BCUT2D eigenvalue weighted by Crippen LogP contribution is -2.43. The number of rotatable bonds is 2. The zero-order chi connectivity index (χ0) is 11.5. The molecule has 0 radical (unpaired) electrons. The number of hydrogen-bond acceptors (Lipinski definition) is 4. The molecule has 0 spiro atoms. The van der Waals surface area contributed by atoms with E-state index in [-0.39, 0.29) is 11.9 Å². The molecule has 0 saturated carbocycles. The average molecular weight is 224 g/mol. The van der Waals surface area contributed by atoms with Crippen LogP contribution in [-0.4, -0.2) is 29.1 Å². The zero-order valence-corrected chi connectivity index (χ0v) is 9.49. The van der Waals surface area contributed by atoms with Gasteiger partial charge in [-0.1, -0.05) is 6.92 Å². The van der Waals surface area contributed by atoms with E-state index in [1.165, 1.54) is 6.33 Å². The fraction of sp³-hybridized carbons (Fsp3) is 0.636. The van der Waals surface area contributed by atoms with Gasteiger partial charge in [0.2, 0.25) is 0 Å². The third-order valence-electron chi connectivity index (χ3n) is 2.94. The van der Waals surface area contributed by atoms with Crippen molar-refractivity contribution in [1.82, 2.24) is 9.97 Å². The first kappa shape index (κ1) is 11.3. The third-order valence-corrected chi connectivity index (χ3v) is 2.94. The Kier molecular flexibility index (Phi) is 3.33. The predicted octanol–water partition coefficient (Wildman–Crippen LogP) is 1.11. The van der Waals surface area contributed by atoms with E-state index < -0.39 is 0 Å². The van der Waals surface area contributed by atoms with Crippen LogP contribution >= 0.6 is 0 Å². The Morgan fingerprint density at radius 3 is 3.06 bits per heavy atom. The summed E-state index contributed by atoms with van der Waals surface area (Å²) in [5, 5.41) is 0. The van der Waals surface area contributed by atoms with E-state index >= 15 is 0 Å². The van der Waals surface area contributed by atoms with Crippen molar-refractivity contribution in [2.75, 3.05) is 18.0 Å². The number of halogens is 1. The summed E-state index contributed by atoms with van der Waals surface area (Å²) in [6, 6.07) is 0.119. The van der Waals surface area contributed by atoms with E-state index in [4.69, 9.17) is 5.73 Å². The van der Waals surface area contributed by atoms with Gasteiger partial charge in [0.25, 0.3) is 0 Å².